The lowest BCUT2D eigenvalue weighted by Crippen LogP contribution is -2.64. The molecule has 5 atom stereocenters. The number of aliphatic hydroxyl groups excluding tert-OH is 2. The second-order valence-corrected chi connectivity index (χ2v) is 12.4. The SMILES string of the molecule is CO[C@H]1O[C@H](CO[Si](C)(C)C(C)(C)C)[C@@H](O)[C@H](O)[C@@H]1NC(C)=O. The number of hydrogen-bond acceptors (Lipinski definition) is 6. The van der Waals surface area contributed by atoms with E-state index in [4.69, 9.17) is 13.9 Å². The molecule has 3 N–H and O–H groups in total. The Bertz CT molecular complexity index is 409. The van der Waals surface area contributed by atoms with Crippen molar-refractivity contribution < 1.29 is 28.9 Å². The third kappa shape index (κ3) is 4.98. The van der Waals surface area contributed by atoms with Crippen molar-refractivity contribution in [1.82, 2.24) is 5.32 Å². The maximum atomic E-state index is 11.2. The molecule has 0 bridgehead atoms. The first kappa shape index (κ1) is 20.5. The number of rotatable bonds is 5. The molecule has 0 aromatic carbocycles. The first-order valence-electron chi connectivity index (χ1n) is 7.86. The molecule has 0 radical (unpaired) electrons. The molecule has 1 aliphatic rings. The van der Waals surface area contributed by atoms with Crippen molar-refractivity contribution in [1.29, 1.82) is 0 Å². The molecule has 1 rings (SSSR count). The van der Waals surface area contributed by atoms with Crippen LogP contribution in [0.4, 0.5) is 0 Å². The Hall–Kier alpha value is -0.513. The van der Waals surface area contributed by atoms with Gasteiger partial charge in [0.1, 0.15) is 24.4 Å². The summed E-state index contributed by atoms with van der Waals surface area (Å²) in [5.41, 5.74) is 0. The van der Waals surface area contributed by atoms with Crippen LogP contribution in [0.25, 0.3) is 0 Å². The highest BCUT2D eigenvalue weighted by Crippen LogP contribution is 2.37. The highest BCUT2D eigenvalue weighted by molar-refractivity contribution is 6.74. The number of methoxy groups -OCH3 is 1. The van der Waals surface area contributed by atoms with Crippen LogP contribution in [0, 0.1) is 0 Å². The summed E-state index contributed by atoms with van der Waals surface area (Å²) in [5, 5.41) is 23.1. The molecule has 136 valence electrons. The number of carbonyl (C=O) groups excluding carboxylic acids is 1. The minimum Gasteiger partial charge on any atom is -0.414 e. The van der Waals surface area contributed by atoms with Crippen LogP contribution in [-0.4, -0.2) is 68.8 Å². The van der Waals surface area contributed by atoms with E-state index in [-0.39, 0.29) is 17.6 Å². The smallest absolute Gasteiger partial charge is 0.217 e. The molecule has 7 nitrogen and oxygen atoms in total. The van der Waals surface area contributed by atoms with Gasteiger partial charge in [-0.1, -0.05) is 20.8 Å². The Balaban J connectivity index is 2.77. The third-order valence-electron chi connectivity index (χ3n) is 4.72. The summed E-state index contributed by atoms with van der Waals surface area (Å²) in [5.74, 6) is -0.331. The Morgan fingerprint density at radius 1 is 1.26 bits per heavy atom. The van der Waals surface area contributed by atoms with Gasteiger partial charge < -0.3 is 29.4 Å². The molecule has 1 fully saturated rings. The van der Waals surface area contributed by atoms with Gasteiger partial charge >= 0.3 is 0 Å². The molecule has 0 saturated carbocycles. The highest BCUT2D eigenvalue weighted by Gasteiger charge is 2.46. The summed E-state index contributed by atoms with van der Waals surface area (Å²) in [7, 11) is -0.573. The molecule has 0 spiro atoms. The lowest BCUT2D eigenvalue weighted by molar-refractivity contribution is -0.261. The summed E-state index contributed by atoms with van der Waals surface area (Å²) in [6.45, 7) is 12.1. The van der Waals surface area contributed by atoms with Crippen molar-refractivity contribution in [2.24, 2.45) is 0 Å². The van der Waals surface area contributed by atoms with Crippen LogP contribution < -0.4 is 5.32 Å². The largest absolute Gasteiger partial charge is 0.414 e. The molecule has 0 unspecified atom stereocenters. The topological polar surface area (TPSA) is 97.2 Å². The van der Waals surface area contributed by atoms with Gasteiger partial charge in [0.15, 0.2) is 14.6 Å². The normalized spacial score (nSPS) is 32.7. The van der Waals surface area contributed by atoms with E-state index in [9.17, 15) is 15.0 Å². The van der Waals surface area contributed by atoms with Crippen molar-refractivity contribution in [3.63, 3.8) is 0 Å². The average molecular weight is 350 g/mol. The fourth-order valence-electron chi connectivity index (χ4n) is 2.17. The van der Waals surface area contributed by atoms with Gasteiger partial charge in [0.2, 0.25) is 5.91 Å². The van der Waals surface area contributed by atoms with Gasteiger partial charge in [0.25, 0.3) is 0 Å². The second-order valence-electron chi connectivity index (χ2n) is 7.56. The zero-order chi connectivity index (χ0) is 18.0. The lowest BCUT2D eigenvalue weighted by Gasteiger charge is -2.44. The van der Waals surface area contributed by atoms with E-state index < -0.39 is 39.0 Å². The maximum absolute atomic E-state index is 11.2. The van der Waals surface area contributed by atoms with E-state index in [0.29, 0.717) is 0 Å². The van der Waals surface area contributed by atoms with Crippen molar-refractivity contribution in [2.75, 3.05) is 13.7 Å². The van der Waals surface area contributed by atoms with E-state index in [0.717, 1.165) is 0 Å². The number of aliphatic hydroxyl groups is 2. The molecule has 0 aliphatic carbocycles. The van der Waals surface area contributed by atoms with E-state index in [1.807, 2.05) is 0 Å². The summed E-state index contributed by atoms with van der Waals surface area (Å²) >= 11 is 0. The number of ether oxygens (including phenoxy) is 2. The van der Waals surface area contributed by atoms with Crippen molar-refractivity contribution in [3.8, 4) is 0 Å². The molecule has 1 aliphatic heterocycles. The Labute approximate surface area is 139 Å². The van der Waals surface area contributed by atoms with Crippen LogP contribution >= 0.6 is 0 Å². The number of amides is 1. The molecular formula is C15H31NO6Si. The van der Waals surface area contributed by atoms with Gasteiger partial charge in [-0.25, -0.2) is 0 Å². The first-order chi connectivity index (χ1) is 10.4. The number of nitrogens with one attached hydrogen (secondary N) is 1. The fourth-order valence-corrected chi connectivity index (χ4v) is 3.18. The van der Waals surface area contributed by atoms with Crippen molar-refractivity contribution in [2.45, 2.75) is 76.5 Å². The quantitative estimate of drug-likeness (QED) is 0.629. The third-order valence-corrected chi connectivity index (χ3v) is 9.22. The predicted octanol–water partition coefficient (Wildman–Crippen LogP) is 0.606. The fraction of sp³-hybridized carbons (Fsp3) is 0.933. The van der Waals surface area contributed by atoms with Gasteiger partial charge in [-0.2, -0.15) is 0 Å². The van der Waals surface area contributed by atoms with Gasteiger partial charge in [0, 0.05) is 14.0 Å². The highest BCUT2D eigenvalue weighted by atomic mass is 28.4. The molecular weight excluding hydrogens is 318 g/mol. The minimum atomic E-state index is -2.00. The van der Waals surface area contributed by atoms with Crippen LogP contribution in [0.1, 0.15) is 27.7 Å². The van der Waals surface area contributed by atoms with Crippen LogP contribution in [0.5, 0.6) is 0 Å². The van der Waals surface area contributed by atoms with E-state index in [1.54, 1.807) is 0 Å². The average Bonchev–Trinajstić information content (AvgIpc) is 2.41. The predicted molar refractivity (Wildman–Crippen MR) is 88.4 cm³/mol. The maximum Gasteiger partial charge on any atom is 0.217 e. The Morgan fingerprint density at radius 2 is 1.83 bits per heavy atom. The van der Waals surface area contributed by atoms with E-state index in [1.165, 1.54) is 14.0 Å². The van der Waals surface area contributed by atoms with Crippen LogP contribution in [-0.2, 0) is 18.7 Å². The molecule has 1 saturated heterocycles. The van der Waals surface area contributed by atoms with E-state index >= 15 is 0 Å². The zero-order valence-corrected chi connectivity index (χ0v) is 16.1. The lowest BCUT2D eigenvalue weighted by atomic mass is 9.97. The minimum absolute atomic E-state index is 0.0324. The number of hydrogen-bond donors (Lipinski definition) is 3. The standard InChI is InChI=1S/C15H31NO6Si/c1-9(17)16-11-13(19)12(18)10(22-14(11)20-5)8-21-23(6,7)15(2,3)4/h10-14,18-19H,8H2,1-7H3,(H,16,17)/t10-,11+,12-,13-,14+/m1/s1. The number of carbonyl (C=O) groups is 1. The van der Waals surface area contributed by atoms with Gasteiger partial charge in [0.05, 0.1) is 6.61 Å². The molecule has 0 aromatic rings. The molecule has 8 heteroatoms. The van der Waals surface area contributed by atoms with Crippen LogP contribution in [0.3, 0.4) is 0 Å². The van der Waals surface area contributed by atoms with Crippen LogP contribution in [0.2, 0.25) is 18.1 Å². The van der Waals surface area contributed by atoms with Crippen LogP contribution in [0.15, 0.2) is 0 Å². The summed E-state index contributed by atoms with van der Waals surface area (Å²) in [4.78, 5) is 11.2. The first-order valence-corrected chi connectivity index (χ1v) is 10.8. The Kier molecular flexibility index (Phi) is 6.77. The summed E-state index contributed by atoms with van der Waals surface area (Å²) in [6.07, 6.45) is -3.91. The second kappa shape index (κ2) is 7.58. The summed E-state index contributed by atoms with van der Waals surface area (Å²) in [6, 6.07) is -0.823. The van der Waals surface area contributed by atoms with Crippen molar-refractivity contribution >= 4 is 14.2 Å². The molecule has 1 amide bonds. The van der Waals surface area contributed by atoms with Crippen molar-refractivity contribution in [3.05, 3.63) is 0 Å². The molecule has 0 aromatic heterocycles. The molecule has 23 heavy (non-hydrogen) atoms. The van der Waals surface area contributed by atoms with Gasteiger partial charge in [-0.05, 0) is 18.1 Å². The monoisotopic (exact) mass is 349 g/mol. The summed E-state index contributed by atoms with van der Waals surface area (Å²) < 4.78 is 17.0. The van der Waals surface area contributed by atoms with Gasteiger partial charge in [-0.3, -0.25) is 4.79 Å². The molecule has 1 heterocycles. The zero-order valence-electron chi connectivity index (χ0n) is 15.1. The van der Waals surface area contributed by atoms with Gasteiger partial charge in [-0.15, -0.1) is 0 Å². The van der Waals surface area contributed by atoms with E-state index in [2.05, 4.69) is 39.2 Å². The Morgan fingerprint density at radius 3 is 2.26 bits per heavy atom.